The van der Waals surface area contributed by atoms with E-state index in [0.29, 0.717) is 36.7 Å². The monoisotopic (exact) mass is 887 g/mol. The smallest absolute Gasteiger partial charge is 0.462 e. The summed E-state index contributed by atoms with van der Waals surface area (Å²) in [4.78, 5) is 35.7. The van der Waals surface area contributed by atoms with Gasteiger partial charge in [-0.15, -0.1) is 0 Å². The first kappa shape index (κ1) is 57.1. The zero-order valence-electron chi connectivity index (χ0n) is 39.0. The molecule has 356 valence electrons. The zero-order valence-corrected chi connectivity index (χ0v) is 39.9. The number of allylic oxidation sites excluding steroid dienone is 4. The maximum absolute atomic E-state index is 12.8. The topological polar surface area (TPSA) is 169 Å². The molecule has 0 aromatic carbocycles. The Hall–Kier alpha value is -1.89. The zero-order chi connectivity index (χ0) is 45.2. The number of quaternary nitrogens is 1. The van der Waals surface area contributed by atoms with Crippen LogP contribution in [0.15, 0.2) is 36.5 Å². The molecule has 1 unspecified atom stereocenters. The number of aliphatic hydroxyl groups is 3. The summed E-state index contributed by atoms with van der Waals surface area (Å²) in [5, 5.41) is 31.5. The number of unbranched alkanes of at least 4 members (excludes halogenated alkanes) is 15. The van der Waals surface area contributed by atoms with E-state index in [1.165, 1.54) is 44.9 Å². The first-order chi connectivity index (χ1) is 29.2. The molecule has 4 N–H and O–H groups in total. The SMILES string of the molecule is CCCCC/C=C\C/C=C\CCCCCCCCCC(=O)OC[C@H](COP(=O)(O)OCC[N+](C)(C)C)OC(=O)CCCCCC[C@@H]1[C@@H](/C=C/[C@@H](O)CCCCC)[C@H](O)C[C@@H]1O. The van der Waals surface area contributed by atoms with Gasteiger partial charge in [-0.05, 0) is 63.7 Å². The van der Waals surface area contributed by atoms with Crippen molar-refractivity contribution in [2.45, 2.75) is 199 Å². The Balaban J connectivity index is 2.44. The summed E-state index contributed by atoms with van der Waals surface area (Å²) in [5.74, 6) is -1.24. The summed E-state index contributed by atoms with van der Waals surface area (Å²) in [6, 6.07) is 0. The average molecular weight is 887 g/mol. The van der Waals surface area contributed by atoms with Crippen molar-refractivity contribution in [2.24, 2.45) is 11.8 Å². The molecule has 12 nitrogen and oxygen atoms in total. The third kappa shape index (κ3) is 32.4. The first-order valence-electron chi connectivity index (χ1n) is 24.0. The Morgan fingerprint density at radius 1 is 0.721 bits per heavy atom. The lowest BCUT2D eigenvalue weighted by Crippen LogP contribution is -2.37. The molecule has 0 heterocycles. The number of likely N-dealkylation sites (N-methyl/N-ethyl adjacent to an activating group) is 1. The van der Waals surface area contributed by atoms with E-state index in [2.05, 4.69) is 38.2 Å². The molecule has 0 aromatic rings. The normalized spacial score (nSPS) is 20.5. The van der Waals surface area contributed by atoms with Crippen LogP contribution in [0.1, 0.15) is 174 Å². The van der Waals surface area contributed by atoms with Crippen LogP contribution in [0.3, 0.4) is 0 Å². The second-order valence-electron chi connectivity index (χ2n) is 18.1. The highest BCUT2D eigenvalue weighted by atomic mass is 31.2. The molecule has 1 aliphatic rings. The molecule has 1 aliphatic carbocycles. The van der Waals surface area contributed by atoms with Gasteiger partial charge in [-0.1, -0.05) is 134 Å². The number of carbonyl (C=O) groups excluding carboxylic acids is 2. The van der Waals surface area contributed by atoms with Gasteiger partial charge >= 0.3 is 19.8 Å². The fourth-order valence-electron chi connectivity index (χ4n) is 7.43. The van der Waals surface area contributed by atoms with Crippen LogP contribution in [0.5, 0.6) is 0 Å². The molecule has 0 aromatic heterocycles. The van der Waals surface area contributed by atoms with Gasteiger partial charge in [0.25, 0.3) is 0 Å². The van der Waals surface area contributed by atoms with Crippen molar-refractivity contribution in [3.8, 4) is 0 Å². The molecular weight excluding hydrogens is 797 g/mol. The standard InChI is InChI=1S/C48H88NO11P/c1-6-8-10-11-12-13-14-15-16-17-18-19-20-21-22-23-28-32-47(53)57-39-42(40-59-61(55,56)58-37-36-49(3,4)5)60-48(54)33-29-25-24-27-31-43-44(46(52)38-45(43)51)35-34-41(50)30-26-9-7-2/h12-13,15-16,34-35,41-46,50-52H,6-11,14,17-33,36-40H2,1-5H3/p+1/b13-12-,16-15-,35-34+/t41-,42+,43+,44+,45-,46+/m0/s1. The Bertz CT molecular complexity index is 1250. The second kappa shape index (κ2) is 35.5. The molecule has 0 spiro atoms. The van der Waals surface area contributed by atoms with Crippen LogP contribution < -0.4 is 0 Å². The summed E-state index contributed by atoms with van der Waals surface area (Å²) in [5.41, 5.74) is 0. The summed E-state index contributed by atoms with van der Waals surface area (Å²) < 4.78 is 34.4. The van der Waals surface area contributed by atoms with E-state index >= 15 is 0 Å². The molecule has 0 aliphatic heterocycles. The van der Waals surface area contributed by atoms with Crippen LogP contribution in [0.2, 0.25) is 0 Å². The molecule has 0 radical (unpaired) electrons. The number of ether oxygens (including phenoxy) is 2. The molecule has 1 fully saturated rings. The maximum Gasteiger partial charge on any atom is 0.472 e. The Morgan fingerprint density at radius 2 is 1.30 bits per heavy atom. The maximum atomic E-state index is 12.8. The van der Waals surface area contributed by atoms with Crippen LogP contribution in [-0.2, 0) is 32.7 Å². The molecule has 13 heteroatoms. The minimum atomic E-state index is -4.44. The van der Waals surface area contributed by atoms with Crippen molar-refractivity contribution < 1.29 is 57.4 Å². The van der Waals surface area contributed by atoms with Crippen molar-refractivity contribution in [3.05, 3.63) is 36.5 Å². The lowest BCUT2D eigenvalue weighted by Gasteiger charge is -2.24. The minimum Gasteiger partial charge on any atom is -0.462 e. The Labute approximate surface area is 370 Å². The van der Waals surface area contributed by atoms with E-state index in [-0.39, 0.29) is 37.9 Å². The van der Waals surface area contributed by atoms with Gasteiger partial charge in [0.05, 0.1) is 46.1 Å². The van der Waals surface area contributed by atoms with E-state index in [0.717, 1.165) is 77.0 Å². The quantitative estimate of drug-likeness (QED) is 0.0152. The number of phosphoric acid groups is 1. The van der Waals surface area contributed by atoms with Gasteiger partial charge in [-0.25, -0.2) is 4.57 Å². The van der Waals surface area contributed by atoms with Crippen LogP contribution in [0, 0.1) is 11.8 Å². The first-order valence-corrected chi connectivity index (χ1v) is 25.5. The molecule has 0 bridgehead atoms. The molecular formula is C48H89NO11P+. The molecule has 0 saturated heterocycles. The number of phosphoric ester groups is 1. The van der Waals surface area contributed by atoms with E-state index in [1.807, 2.05) is 27.2 Å². The van der Waals surface area contributed by atoms with E-state index < -0.39 is 50.8 Å². The summed E-state index contributed by atoms with van der Waals surface area (Å²) in [7, 11) is 1.34. The number of esters is 2. The van der Waals surface area contributed by atoms with Crippen molar-refractivity contribution >= 4 is 19.8 Å². The van der Waals surface area contributed by atoms with Crippen molar-refractivity contribution in [1.29, 1.82) is 0 Å². The van der Waals surface area contributed by atoms with E-state index in [4.69, 9.17) is 18.5 Å². The van der Waals surface area contributed by atoms with Crippen LogP contribution >= 0.6 is 7.82 Å². The highest BCUT2D eigenvalue weighted by molar-refractivity contribution is 7.47. The average Bonchev–Trinajstić information content (AvgIpc) is 3.47. The van der Waals surface area contributed by atoms with Crippen LogP contribution in [0.4, 0.5) is 0 Å². The highest BCUT2D eigenvalue weighted by Crippen LogP contribution is 2.43. The molecule has 1 saturated carbocycles. The number of nitrogens with zero attached hydrogens (tertiary/aromatic N) is 1. The van der Waals surface area contributed by atoms with Crippen molar-refractivity contribution in [1.82, 2.24) is 0 Å². The summed E-state index contributed by atoms with van der Waals surface area (Å²) in [6.07, 6.45) is 32.5. The van der Waals surface area contributed by atoms with Gasteiger partial charge in [0, 0.05) is 25.2 Å². The lowest BCUT2D eigenvalue weighted by molar-refractivity contribution is -0.870. The minimum absolute atomic E-state index is 0.00861. The van der Waals surface area contributed by atoms with Gasteiger partial charge in [0.15, 0.2) is 6.10 Å². The second-order valence-corrected chi connectivity index (χ2v) is 19.6. The van der Waals surface area contributed by atoms with E-state index in [1.54, 1.807) is 6.08 Å². The van der Waals surface area contributed by atoms with Crippen LogP contribution in [-0.4, -0.2) is 109 Å². The lowest BCUT2D eigenvalue weighted by atomic mass is 9.88. The number of carbonyl (C=O) groups is 2. The highest BCUT2D eigenvalue weighted by Gasteiger charge is 2.39. The number of rotatable bonds is 39. The largest absolute Gasteiger partial charge is 0.472 e. The molecule has 0 amide bonds. The van der Waals surface area contributed by atoms with Gasteiger partial charge in [0.1, 0.15) is 19.8 Å². The third-order valence-corrected chi connectivity index (χ3v) is 12.2. The number of aliphatic hydroxyl groups excluding tert-OH is 3. The fraction of sp³-hybridized carbons (Fsp3) is 0.833. The van der Waals surface area contributed by atoms with Gasteiger partial charge < -0.3 is 34.2 Å². The molecule has 7 atom stereocenters. The van der Waals surface area contributed by atoms with Gasteiger partial charge in [-0.2, -0.15) is 0 Å². The van der Waals surface area contributed by atoms with Gasteiger partial charge in [0.2, 0.25) is 0 Å². The van der Waals surface area contributed by atoms with Crippen LogP contribution in [0.25, 0.3) is 0 Å². The van der Waals surface area contributed by atoms with Gasteiger partial charge in [-0.3, -0.25) is 18.6 Å². The summed E-state index contributed by atoms with van der Waals surface area (Å²) >= 11 is 0. The van der Waals surface area contributed by atoms with E-state index in [9.17, 15) is 34.4 Å². The number of hydrogen-bond acceptors (Lipinski definition) is 10. The predicted octanol–water partition coefficient (Wildman–Crippen LogP) is 10.1. The Kier molecular flexibility index (Phi) is 33.2. The molecule has 61 heavy (non-hydrogen) atoms. The van der Waals surface area contributed by atoms with Crippen molar-refractivity contribution in [2.75, 3.05) is 47.5 Å². The fourth-order valence-corrected chi connectivity index (χ4v) is 8.18. The third-order valence-electron chi connectivity index (χ3n) is 11.2. The van der Waals surface area contributed by atoms with Crippen molar-refractivity contribution in [3.63, 3.8) is 0 Å². The molecule has 1 rings (SSSR count). The summed E-state index contributed by atoms with van der Waals surface area (Å²) in [6.45, 7) is 4.05. The Morgan fingerprint density at radius 3 is 1.93 bits per heavy atom. The predicted molar refractivity (Wildman–Crippen MR) is 245 cm³/mol. The number of hydrogen-bond donors (Lipinski definition) is 4.